The summed E-state index contributed by atoms with van der Waals surface area (Å²) >= 11 is 0. The Balaban J connectivity index is 2.45. The number of hydrogen-bond donors (Lipinski definition) is 1. The monoisotopic (exact) mass is 201 g/mol. The Hall–Kier alpha value is -1.57. The second-order valence-electron chi connectivity index (χ2n) is 3.80. The fourth-order valence-electron chi connectivity index (χ4n) is 2.06. The molecule has 2 aromatic rings. The van der Waals surface area contributed by atoms with Gasteiger partial charge in [-0.25, -0.2) is 0 Å². The summed E-state index contributed by atoms with van der Waals surface area (Å²) in [6.45, 7) is 2.12. The van der Waals surface area contributed by atoms with E-state index in [4.69, 9.17) is 0 Å². The van der Waals surface area contributed by atoms with Crippen LogP contribution in [-0.4, -0.2) is 11.3 Å². The largest absolute Gasteiger partial charge is 0.361 e. The van der Waals surface area contributed by atoms with Crippen molar-refractivity contribution < 1.29 is 4.79 Å². The number of carbonyl (C=O) groups excluding carboxylic acids is 1. The Bertz CT molecular complexity index is 458. The van der Waals surface area contributed by atoms with E-state index in [0.717, 1.165) is 18.2 Å². The summed E-state index contributed by atoms with van der Waals surface area (Å²) in [7, 11) is 0. The van der Waals surface area contributed by atoms with Gasteiger partial charge < -0.3 is 9.78 Å². The molecular formula is C13H15NO. The molecule has 0 saturated heterocycles. The molecule has 1 atom stereocenters. The highest BCUT2D eigenvalue weighted by Gasteiger charge is 2.12. The molecule has 0 amide bonds. The van der Waals surface area contributed by atoms with Gasteiger partial charge in [-0.15, -0.1) is 0 Å². The average Bonchev–Trinajstić information content (AvgIpc) is 2.70. The van der Waals surface area contributed by atoms with Crippen molar-refractivity contribution in [3.8, 4) is 0 Å². The van der Waals surface area contributed by atoms with Crippen molar-refractivity contribution in [1.82, 2.24) is 4.98 Å². The number of aldehydes is 1. The maximum absolute atomic E-state index is 10.6. The van der Waals surface area contributed by atoms with Crippen LogP contribution in [0.3, 0.4) is 0 Å². The molecule has 0 spiro atoms. The summed E-state index contributed by atoms with van der Waals surface area (Å²) in [5, 5.41) is 1.24. The highest BCUT2D eigenvalue weighted by Crippen LogP contribution is 2.29. The molecule has 0 radical (unpaired) electrons. The van der Waals surface area contributed by atoms with Crippen molar-refractivity contribution >= 4 is 17.2 Å². The Morgan fingerprint density at radius 3 is 2.93 bits per heavy atom. The molecular weight excluding hydrogens is 186 g/mol. The molecule has 78 valence electrons. The van der Waals surface area contributed by atoms with Gasteiger partial charge in [-0.3, -0.25) is 0 Å². The molecule has 1 aromatic heterocycles. The van der Waals surface area contributed by atoms with E-state index in [-0.39, 0.29) is 0 Å². The van der Waals surface area contributed by atoms with Crippen molar-refractivity contribution in [3.05, 3.63) is 36.0 Å². The van der Waals surface area contributed by atoms with E-state index in [2.05, 4.69) is 24.0 Å². The van der Waals surface area contributed by atoms with Gasteiger partial charge in [-0.05, 0) is 24.0 Å². The number of aromatic amines is 1. The lowest BCUT2D eigenvalue weighted by molar-refractivity contribution is -0.108. The number of carbonyl (C=O) groups is 1. The van der Waals surface area contributed by atoms with Crippen molar-refractivity contribution in [2.24, 2.45) is 0 Å². The zero-order valence-corrected chi connectivity index (χ0v) is 8.86. The molecule has 15 heavy (non-hydrogen) atoms. The fourth-order valence-corrected chi connectivity index (χ4v) is 2.06. The van der Waals surface area contributed by atoms with Crippen LogP contribution in [0, 0.1) is 0 Å². The third-order valence-corrected chi connectivity index (χ3v) is 2.93. The number of benzene rings is 1. The van der Waals surface area contributed by atoms with Gasteiger partial charge in [0.05, 0.1) is 0 Å². The van der Waals surface area contributed by atoms with E-state index >= 15 is 0 Å². The van der Waals surface area contributed by atoms with Gasteiger partial charge in [0.15, 0.2) is 0 Å². The van der Waals surface area contributed by atoms with Crippen molar-refractivity contribution in [2.75, 3.05) is 0 Å². The van der Waals surface area contributed by atoms with Crippen LogP contribution in [0.4, 0.5) is 0 Å². The van der Waals surface area contributed by atoms with Crippen LogP contribution in [0.2, 0.25) is 0 Å². The molecule has 2 heteroatoms. The van der Waals surface area contributed by atoms with Crippen LogP contribution >= 0.6 is 0 Å². The Morgan fingerprint density at radius 2 is 2.20 bits per heavy atom. The Kier molecular flexibility index (Phi) is 2.86. The third kappa shape index (κ3) is 1.80. The zero-order valence-electron chi connectivity index (χ0n) is 8.86. The number of nitrogens with one attached hydrogen (secondary N) is 1. The van der Waals surface area contributed by atoms with E-state index in [1.165, 1.54) is 10.9 Å². The maximum atomic E-state index is 10.6. The van der Waals surface area contributed by atoms with Crippen LogP contribution < -0.4 is 0 Å². The predicted octanol–water partition coefficient (Wildman–Crippen LogP) is 3.25. The molecule has 0 bridgehead atoms. The number of H-pyrrole nitrogens is 1. The molecule has 1 aromatic carbocycles. The summed E-state index contributed by atoms with van der Waals surface area (Å²) in [6, 6.07) is 8.22. The molecule has 2 rings (SSSR count). The standard InChI is InChI=1S/C13H15NO/c1-2-10(7-8-15)12-9-14-13-6-4-3-5-11(12)13/h3-6,8-10,14H,2,7H2,1H3/t10-/m0/s1. The smallest absolute Gasteiger partial charge is 0.120 e. The van der Waals surface area contributed by atoms with Gasteiger partial charge in [0, 0.05) is 23.5 Å². The molecule has 0 unspecified atom stereocenters. The lowest BCUT2D eigenvalue weighted by Gasteiger charge is -2.09. The minimum atomic E-state index is 0.346. The topological polar surface area (TPSA) is 32.9 Å². The van der Waals surface area contributed by atoms with E-state index in [0.29, 0.717) is 12.3 Å². The fraction of sp³-hybridized carbons (Fsp3) is 0.308. The molecule has 0 fully saturated rings. The lowest BCUT2D eigenvalue weighted by atomic mass is 9.93. The summed E-state index contributed by atoms with van der Waals surface area (Å²) in [6.07, 6.45) is 4.65. The zero-order chi connectivity index (χ0) is 10.7. The van der Waals surface area contributed by atoms with Crippen LogP contribution in [0.25, 0.3) is 10.9 Å². The van der Waals surface area contributed by atoms with Crippen molar-refractivity contribution in [1.29, 1.82) is 0 Å². The highest BCUT2D eigenvalue weighted by molar-refractivity contribution is 5.83. The summed E-state index contributed by atoms with van der Waals surface area (Å²) in [5.41, 5.74) is 2.41. The predicted molar refractivity (Wildman–Crippen MR) is 62.0 cm³/mol. The van der Waals surface area contributed by atoms with Gasteiger partial charge in [0.25, 0.3) is 0 Å². The van der Waals surface area contributed by atoms with E-state index in [1.54, 1.807) is 0 Å². The summed E-state index contributed by atoms with van der Waals surface area (Å²) in [4.78, 5) is 13.8. The van der Waals surface area contributed by atoms with Gasteiger partial charge in [-0.2, -0.15) is 0 Å². The Morgan fingerprint density at radius 1 is 1.40 bits per heavy atom. The average molecular weight is 201 g/mol. The lowest BCUT2D eigenvalue weighted by Crippen LogP contribution is -1.96. The van der Waals surface area contributed by atoms with Crippen molar-refractivity contribution in [2.45, 2.75) is 25.7 Å². The van der Waals surface area contributed by atoms with E-state index in [1.807, 2.05) is 18.3 Å². The van der Waals surface area contributed by atoms with Crippen LogP contribution in [0.5, 0.6) is 0 Å². The van der Waals surface area contributed by atoms with Gasteiger partial charge in [0.2, 0.25) is 0 Å². The minimum absolute atomic E-state index is 0.346. The van der Waals surface area contributed by atoms with E-state index < -0.39 is 0 Å². The molecule has 0 aliphatic heterocycles. The number of hydrogen-bond acceptors (Lipinski definition) is 1. The van der Waals surface area contributed by atoms with Crippen LogP contribution in [-0.2, 0) is 4.79 Å². The first-order valence-corrected chi connectivity index (χ1v) is 5.36. The van der Waals surface area contributed by atoms with Crippen molar-refractivity contribution in [3.63, 3.8) is 0 Å². The number of rotatable bonds is 4. The number of para-hydroxylation sites is 1. The normalized spacial score (nSPS) is 12.9. The first-order valence-electron chi connectivity index (χ1n) is 5.36. The molecule has 1 heterocycles. The second kappa shape index (κ2) is 4.30. The SMILES string of the molecule is CC[C@@H](CC=O)c1c[nH]c2ccccc12. The van der Waals surface area contributed by atoms with Gasteiger partial charge in [0.1, 0.15) is 6.29 Å². The third-order valence-electron chi connectivity index (χ3n) is 2.93. The molecule has 1 N–H and O–H groups in total. The maximum Gasteiger partial charge on any atom is 0.120 e. The molecule has 0 aliphatic carbocycles. The quantitative estimate of drug-likeness (QED) is 0.757. The van der Waals surface area contributed by atoms with E-state index in [9.17, 15) is 4.79 Å². The van der Waals surface area contributed by atoms with Gasteiger partial charge in [-0.1, -0.05) is 25.1 Å². The van der Waals surface area contributed by atoms with Crippen LogP contribution in [0.15, 0.2) is 30.5 Å². The number of fused-ring (bicyclic) bond motifs is 1. The van der Waals surface area contributed by atoms with Gasteiger partial charge >= 0.3 is 0 Å². The Labute approximate surface area is 89.3 Å². The minimum Gasteiger partial charge on any atom is -0.361 e. The second-order valence-corrected chi connectivity index (χ2v) is 3.80. The summed E-state index contributed by atoms with van der Waals surface area (Å²) in [5.74, 6) is 0.346. The first kappa shape index (κ1) is 9.97. The molecule has 0 saturated carbocycles. The molecule has 2 nitrogen and oxygen atoms in total. The first-order chi connectivity index (χ1) is 7.36. The molecule has 0 aliphatic rings. The number of aromatic nitrogens is 1. The highest BCUT2D eigenvalue weighted by atomic mass is 16.1. The summed E-state index contributed by atoms with van der Waals surface area (Å²) < 4.78 is 0. The van der Waals surface area contributed by atoms with Crippen LogP contribution in [0.1, 0.15) is 31.2 Å².